The van der Waals surface area contributed by atoms with Gasteiger partial charge in [0.2, 0.25) is 5.91 Å². The van der Waals surface area contributed by atoms with Gasteiger partial charge in [-0.05, 0) is 99.6 Å². The second-order valence-corrected chi connectivity index (χ2v) is 14.5. The summed E-state index contributed by atoms with van der Waals surface area (Å²) in [5.74, 6) is 1.33. The van der Waals surface area contributed by atoms with Gasteiger partial charge in [0.05, 0.1) is 35.4 Å². The Bertz CT molecular complexity index is 1890. The van der Waals surface area contributed by atoms with Crippen LogP contribution in [0.15, 0.2) is 42.5 Å². The van der Waals surface area contributed by atoms with Crippen LogP contribution in [0.3, 0.4) is 0 Å². The third-order valence-corrected chi connectivity index (χ3v) is 10.6. The molecule has 3 aliphatic heterocycles. The number of nitrogens with zero attached hydrogens (tertiary/aromatic N) is 2. The van der Waals surface area contributed by atoms with Crippen LogP contribution in [0.25, 0.3) is 32.9 Å². The highest BCUT2D eigenvalue weighted by molar-refractivity contribution is 6.62. The van der Waals surface area contributed by atoms with E-state index in [2.05, 4.69) is 68.3 Å². The van der Waals surface area contributed by atoms with Crippen LogP contribution in [0.5, 0.6) is 5.75 Å². The van der Waals surface area contributed by atoms with Gasteiger partial charge in [0.1, 0.15) is 24.2 Å². The molecule has 47 heavy (non-hydrogen) atoms. The van der Waals surface area contributed by atoms with Crippen LogP contribution in [0, 0.1) is 5.92 Å². The Morgan fingerprint density at radius 3 is 2.49 bits per heavy atom. The van der Waals surface area contributed by atoms with Gasteiger partial charge in [0, 0.05) is 17.0 Å². The highest BCUT2D eigenvalue weighted by Gasteiger charge is 2.52. The second kappa shape index (κ2) is 11.3. The minimum Gasteiger partial charge on any atom is -0.488 e. The molecule has 1 aromatic heterocycles. The van der Waals surface area contributed by atoms with Crippen molar-refractivity contribution in [1.82, 2.24) is 20.2 Å². The summed E-state index contributed by atoms with van der Waals surface area (Å²) in [6.45, 7) is 14.6. The fourth-order valence-electron chi connectivity index (χ4n) is 7.09. The molecule has 0 saturated carbocycles. The van der Waals surface area contributed by atoms with E-state index < -0.39 is 30.5 Å². The largest absolute Gasteiger partial charge is 0.494 e. The zero-order valence-corrected chi connectivity index (χ0v) is 28.4. The van der Waals surface area contributed by atoms with Crippen LogP contribution in [0.4, 0.5) is 4.79 Å². The lowest BCUT2D eigenvalue weighted by Gasteiger charge is -2.32. The molecule has 0 bridgehead atoms. The summed E-state index contributed by atoms with van der Waals surface area (Å²) >= 11 is 0. The van der Waals surface area contributed by atoms with Crippen molar-refractivity contribution in [3.63, 3.8) is 0 Å². The molecule has 3 atom stereocenters. The van der Waals surface area contributed by atoms with Crippen molar-refractivity contribution < 1.29 is 28.4 Å². The molecule has 1 unspecified atom stereocenters. The molecule has 3 aliphatic rings. The number of carbonyl (C=O) groups excluding carboxylic acids is 2. The summed E-state index contributed by atoms with van der Waals surface area (Å²) in [4.78, 5) is 36.4. The molecule has 246 valence electrons. The fraction of sp³-hybridized carbons (Fsp3) is 0.472. The van der Waals surface area contributed by atoms with Crippen molar-refractivity contribution in [2.24, 2.45) is 5.92 Å². The average molecular weight is 639 g/mol. The number of aromatic nitrogens is 2. The van der Waals surface area contributed by atoms with Crippen molar-refractivity contribution in [3.8, 4) is 16.9 Å². The molecule has 2 fully saturated rings. The molecule has 10 nitrogen and oxygen atoms in total. The Labute approximate surface area is 275 Å². The summed E-state index contributed by atoms with van der Waals surface area (Å²) in [5.41, 5.74) is 5.15. The summed E-state index contributed by atoms with van der Waals surface area (Å²) in [5, 5.41) is 4.88. The number of benzene rings is 3. The van der Waals surface area contributed by atoms with E-state index in [0.717, 1.165) is 68.4 Å². The molecule has 0 aliphatic carbocycles. The Morgan fingerprint density at radius 2 is 1.79 bits per heavy atom. The highest BCUT2D eigenvalue weighted by atomic mass is 16.7. The van der Waals surface area contributed by atoms with Crippen molar-refractivity contribution in [2.45, 2.75) is 97.2 Å². The number of rotatable bonds is 5. The van der Waals surface area contributed by atoms with Gasteiger partial charge in [-0.3, -0.25) is 4.79 Å². The van der Waals surface area contributed by atoms with Gasteiger partial charge in [-0.2, -0.15) is 0 Å². The monoisotopic (exact) mass is 638 g/mol. The minimum atomic E-state index is -0.696. The van der Waals surface area contributed by atoms with E-state index in [1.165, 1.54) is 7.11 Å². The molecular weight excluding hydrogens is 595 g/mol. The first-order valence-corrected chi connectivity index (χ1v) is 16.5. The van der Waals surface area contributed by atoms with Gasteiger partial charge in [0.15, 0.2) is 0 Å². The molecule has 4 heterocycles. The molecule has 0 spiro atoms. The van der Waals surface area contributed by atoms with Crippen LogP contribution < -0.4 is 15.5 Å². The number of amides is 2. The zero-order chi connectivity index (χ0) is 33.4. The Balaban J connectivity index is 1.21. The van der Waals surface area contributed by atoms with Crippen LogP contribution in [0.1, 0.15) is 78.7 Å². The first-order valence-electron chi connectivity index (χ1n) is 16.5. The van der Waals surface area contributed by atoms with Crippen molar-refractivity contribution >= 4 is 46.4 Å². The molecule has 11 heteroatoms. The minimum absolute atomic E-state index is 0.00711. The van der Waals surface area contributed by atoms with E-state index in [4.69, 9.17) is 23.8 Å². The van der Waals surface area contributed by atoms with Gasteiger partial charge in [0.25, 0.3) is 0 Å². The summed E-state index contributed by atoms with van der Waals surface area (Å²) in [6.07, 6.45) is 1.01. The summed E-state index contributed by atoms with van der Waals surface area (Å²) in [6, 6.07) is 13.8. The van der Waals surface area contributed by atoms with Crippen LogP contribution in [0.2, 0.25) is 0 Å². The first-order chi connectivity index (χ1) is 22.3. The van der Waals surface area contributed by atoms with Crippen molar-refractivity contribution in [3.05, 3.63) is 53.9 Å². The molecule has 2 saturated heterocycles. The molecule has 2 N–H and O–H groups in total. The SMILES string of the molecule is COC(=O)NC(C(=O)N1[C@@H](C)CC[C@H]1c1nc2ccc3cc4c(cc3c2[nH]1)COc1cc(B2OC(C)(C)C(C)(C)O2)ccc1-4)C(C)C. The third kappa shape index (κ3) is 5.24. The smallest absolute Gasteiger partial charge is 0.488 e. The van der Waals surface area contributed by atoms with E-state index >= 15 is 0 Å². The number of aromatic amines is 1. The number of methoxy groups -OCH3 is 1. The summed E-state index contributed by atoms with van der Waals surface area (Å²) in [7, 11) is 0.849. The highest BCUT2D eigenvalue weighted by Crippen LogP contribution is 2.42. The Morgan fingerprint density at radius 1 is 1.04 bits per heavy atom. The lowest BCUT2D eigenvalue weighted by molar-refractivity contribution is -0.137. The number of carbonyl (C=O) groups is 2. The van der Waals surface area contributed by atoms with E-state index in [9.17, 15) is 9.59 Å². The van der Waals surface area contributed by atoms with E-state index in [0.29, 0.717) is 6.61 Å². The third-order valence-electron chi connectivity index (χ3n) is 10.6. The standard InChI is InChI=1S/C36H43BN4O6/c1-19(2)30(40-34(43)44-8)33(42)41-20(3)9-14-28(41)32-38-27-13-10-21-15-25-22(16-26(21)31(27)39-32)18-45-29-17-23(11-12-24(25)29)37-46-35(4,5)36(6,7)47-37/h10-13,15-17,19-20,28,30H,9,14,18H2,1-8H3,(H,38,39)(H,40,43)/t20-,28-,30?/m0/s1. The maximum atomic E-state index is 13.9. The van der Waals surface area contributed by atoms with E-state index in [1.807, 2.05) is 37.8 Å². The number of hydrogen-bond donors (Lipinski definition) is 2. The molecule has 4 aromatic rings. The van der Waals surface area contributed by atoms with Crippen molar-refractivity contribution in [2.75, 3.05) is 7.11 Å². The van der Waals surface area contributed by atoms with Crippen LogP contribution in [-0.4, -0.2) is 64.4 Å². The van der Waals surface area contributed by atoms with E-state index in [1.54, 1.807) is 0 Å². The molecule has 3 aromatic carbocycles. The average Bonchev–Trinajstić information content (AvgIpc) is 3.70. The predicted octanol–water partition coefficient (Wildman–Crippen LogP) is 6.01. The number of H-pyrrole nitrogens is 1. The van der Waals surface area contributed by atoms with Gasteiger partial charge in [-0.1, -0.05) is 32.0 Å². The Kier molecular flexibility index (Phi) is 7.55. The summed E-state index contributed by atoms with van der Waals surface area (Å²) < 4.78 is 23.7. The van der Waals surface area contributed by atoms with Gasteiger partial charge < -0.3 is 34.0 Å². The number of nitrogens with one attached hydrogen (secondary N) is 2. The van der Waals surface area contributed by atoms with Gasteiger partial charge >= 0.3 is 13.2 Å². The number of hydrogen-bond acceptors (Lipinski definition) is 7. The van der Waals surface area contributed by atoms with E-state index in [-0.39, 0.29) is 23.9 Å². The molecule has 7 rings (SSSR count). The topological polar surface area (TPSA) is 115 Å². The quantitative estimate of drug-likeness (QED) is 0.258. The predicted molar refractivity (Wildman–Crippen MR) is 182 cm³/mol. The maximum absolute atomic E-state index is 13.9. The first kappa shape index (κ1) is 31.5. The molecular formula is C36H43BN4O6. The van der Waals surface area contributed by atoms with Crippen molar-refractivity contribution in [1.29, 1.82) is 0 Å². The lowest BCUT2D eigenvalue weighted by Crippen LogP contribution is -2.52. The number of alkyl carbamates (subject to hydrolysis) is 1. The molecule has 0 radical (unpaired) electrons. The van der Waals surface area contributed by atoms with Crippen LogP contribution >= 0.6 is 0 Å². The maximum Gasteiger partial charge on any atom is 0.494 e. The lowest BCUT2D eigenvalue weighted by atomic mass is 9.78. The Hall–Kier alpha value is -4.09. The number of fused-ring (bicyclic) bond motifs is 6. The second-order valence-electron chi connectivity index (χ2n) is 14.5. The van der Waals surface area contributed by atoms with Crippen LogP contribution in [-0.2, 0) is 25.4 Å². The fourth-order valence-corrected chi connectivity index (χ4v) is 7.09. The van der Waals surface area contributed by atoms with Gasteiger partial charge in [-0.25, -0.2) is 9.78 Å². The number of likely N-dealkylation sites (tertiary alicyclic amines) is 1. The molecule has 2 amide bonds. The number of ether oxygens (including phenoxy) is 2. The normalized spacial score (nSPS) is 21.9. The number of imidazole rings is 1. The zero-order valence-electron chi connectivity index (χ0n) is 28.4. The van der Waals surface area contributed by atoms with Gasteiger partial charge in [-0.15, -0.1) is 0 Å².